The minimum Gasteiger partial charge on any atom is -0.392 e. The maximum Gasteiger partial charge on any atom is 0.245 e. The molecule has 1 aliphatic heterocycles. The van der Waals surface area contributed by atoms with Crippen LogP contribution >= 0.6 is 23.2 Å². The molecule has 2 rings (SSSR count). The molecule has 0 radical (unpaired) electrons. The zero-order valence-electron chi connectivity index (χ0n) is 12.0. The Bertz CT molecular complexity index is 623. The van der Waals surface area contributed by atoms with Crippen LogP contribution < -0.4 is 0 Å². The number of piperidine rings is 1. The van der Waals surface area contributed by atoms with Crippen molar-refractivity contribution >= 4 is 33.2 Å². The van der Waals surface area contributed by atoms with Crippen LogP contribution in [0.15, 0.2) is 17.0 Å². The summed E-state index contributed by atoms with van der Waals surface area (Å²) < 4.78 is 27.4. The van der Waals surface area contributed by atoms with Crippen molar-refractivity contribution in [2.24, 2.45) is 0 Å². The number of hydrogen-bond acceptors (Lipinski definition) is 3. The van der Waals surface area contributed by atoms with Gasteiger partial charge in [0.15, 0.2) is 0 Å². The molecule has 0 spiro atoms. The van der Waals surface area contributed by atoms with Gasteiger partial charge in [0.2, 0.25) is 10.0 Å². The third-order valence-electron chi connectivity index (χ3n) is 3.94. The van der Waals surface area contributed by atoms with E-state index in [2.05, 4.69) is 0 Å². The van der Waals surface area contributed by atoms with Gasteiger partial charge in [-0.1, -0.05) is 29.6 Å². The quantitative estimate of drug-likeness (QED) is 0.907. The van der Waals surface area contributed by atoms with Crippen molar-refractivity contribution in [3.8, 4) is 0 Å². The molecule has 0 bridgehead atoms. The lowest BCUT2D eigenvalue weighted by Gasteiger charge is -2.37. The molecule has 21 heavy (non-hydrogen) atoms. The van der Waals surface area contributed by atoms with Crippen LogP contribution in [0.3, 0.4) is 0 Å². The van der Waals surface area contributed by atoms with Crippen molar-refractivity contribution < 1.29 is 13.5 Å². The van der Waals surface area contributed by atoms with Crippen LogP contribution in [0.4, 0.5) is 0 Å². The molecule has 7 heteroatoms. The Morgan fingerprint density at radius 1 is 1.19 bits per heavy atom. The van der Waals surface area contributed by atoms with Gasteiger partial charge in [0.1, 0.15) is 4.90 Å². The van der Waals surface area contributed by atoms with E-state index < -0.39 is 10.0 Å². The number of aliphatic hydroxyl groups is 1. The van der Waals surface area contributed by atoms with Gasteiger partial charge in [-0.05, 0) is 44.4 Å². The highest BCUT2D eigenvalue weighted by atomic mass is 35.5. The van der Waals surface area contributed by atoms with Crippen molar-refractivity contribution in [2.75, 3.05) is 0 Å². The molecule has 2 atom stereocenters. The van der Waals surface area contributed by atoms with E-state index in [1.807, 2.05) is 13.8 Å². The monoisotopic (exact) mass is 351 g/mol. The molecule has 0 unspecified atom stereocenters. The Morgan fingerprint density at radius 2 is 1.76 bits per heavy atom. The van der Waals surface area contributed by atoms with Crippen LogP contribution in [-0.2, 0) is 16.6 Å². The van der Waals surface area contributed by atoms with E-state index in [0.29, 0.717) is 5.56 Å². The fraction of sp³-hybridized carbons (Fsp3) is 0.571. The second kappa shape index (κ2) is 6.42. The van der Waals surface area contributed by atoms with Crippen molar-refractivity contribution in [2.45, 2.75) is 56.7 Å². The lowest BCUT2D eigenvalue weighted by atomic mass is 10.0. The molecule has 118 valence electrons. The Labute approximate surface area is 135 Å². The smallest absolute Gasteiger partial charge is 0.245 e. The highest BCUT2D eigenvalue weighted by molar-refractivity contribution is 7.89. The van der Waals surface area contributed by atoms with E-state index in [1.54, 1.807) is 0 Å². The Balaban J connectivity index is 2.53. The van der Waals surface area contributed by atoms with Gasteiger partial charge in [-0.15, -0.1) is 0 Å². The topological polar surface area (TPSA) is 57.6 Å². The molecule has 1 N–H and O–H groups in total. The van der Waals surface area contributed by atoms with Gasteiger partial charge in [-0.3, -0.25) is 0 Å². The maximum absolute atomic E-state index is 12.9. The predicted molar refractivity (Wildman–Crippen MR) is 84.2 cm³/mol. The third kappa shape index (κ3) is 3.22. The summed E-state index contributed by atoms with van der Waals surface area (Å²) in [4.78, 5) is 0.0122. The molecule has 0 aliphatic carbocycles. The fourth-order valence-corrected chi connectivity index (χ4v) is 5.59. The summed E-state index contributed by atoms with van der Waals surface area (Å²) >= 11 is 12.0. The van der Waals surface area contributed by atoms with E-state index in [0.717, 1.165) is 19.3 Å². The first kappa shape index (κ1) is 17.0. The van der Waals surface area contributed by atoms with Crippen LogP contribution in [0.5, 0.6) is 0 Å². The molecule has 0 saturated carbocycles. The molecule has 0 aromatic heterocycles. The summed E-state index contributed by atoms with van der Waals surface area (Å²) in [6, 6.07) is 2.61. The maximum atomic E-state index is 12.9. The van der Waals surface area contributed by atoms with Crippen LogP contribution in [0.25, 0.3) is 0 Å². The highest BCUT2D eigenvalue weighted by Crippen LogP contribution is 2.35. The highest BCUT2D eigenvalue weighted by Gasteiger charge is 2.37. The normalized spacial score (nSPS) is 24.2. The molecule has 1 aliphatic rings. The first-order chi connectivity index (χ1) is 9.78. The second-order valence-electron chi connectivity index (χ2n) is 5.50. The van der Waals surface area contributed by atoms with E-state index in [-0.39, 0.29) is 33.6 Å². The lowest BCUT2D eigenvalue weighted by Crippen LogP contribution is -2.47. The van der Waals surface area contributed by atoms with Crippen LogP contribution in [-0.4, -0.2) is 29.9 Å². The van der Waals surface area contributed by atoms with E-state index >= 15 is 0 Å². The molecule has 1 aromatic rings. The third-order valence-corrected chi connectivity index (χ3v) is 6.88. The number of aliphatic hydroxyl groups excluding tert-OH is 1. The van der Waals surface area contributed by atoms with E-state index in [9.17, 15) is 13.5 Å². The minimum absolute atomic E-state index is 0.0122. The van der Waals surface area contributed by atoms with Crippen LogP contribution in [0.1, 0.15) is 38.7 Å². The van der Waals surface area contributed by atoms with Crippen LogP contribution in [0, 0.1) is 0 Å². The van der Waals surface area contributed by atoms with Gasteiger partial charge >= 0.3 is 0 Å². The Hall–Kier alpha value is -0.330. The Morgan fingerprint density at radius 3 is 2.29 bits per heavy atom. The van der Waals surface area contributed by atoms with Gasteiger partial charge in [0.25, 0.3) is 0 Å². The van der Waals surface area contributed by atoms with E-state index in [4.69, 9.17) is 23.2 Å². The summed E-state index contributed by atoms with van der Waals surface area (Å²) in [6.45, 7) is 3.48. The number of hydrogen-bond donors (Lipinski definition) is 1. The van der Waals surface area contributed by atoms with Crippen molar-refractivity contribution in [1.82, 2.24) is 4.31 Å². The van der Waals surface area contributed by atoms with Gasteiger partial charge in [0.05, 0.1) is 11.6 Å². The number of sulfonamides is 1. The minimum atomic E-state index is -3.71. The molecule has 0 amide bonds. The molecule has 1 fully saturated rings. The van der Waals surface area contributed by atoms with E-state index in [1.165, 1.54) is 16.4 Å². The molecule has 1 saturated heterocycles. The van der Waals surface area contributed by atoms with Gasteiger partial charge in [0, 0.05) is 17.1 Å². The standard InChI is InChI=1S/C14H19Cl2NO3S/c1-9-4-3-5-10(2)17(9)21(19,20)14-6-11(8-18)12(15)7-13(14)16/h6-7,9-10,18H,3-5,8H2,1-2H3/t9-,10+. The summed E-state index contributed by atoms with van der Waals surface area (Å²) in [5, 5.41) is 9.63. The predicted octanol–water partition coefficient (Wildman–Crippen LogP) is 3.44. The molecular formula is C14H19Cl2NO3S. The molecular weight excluding hydrogens is 333 g/mol. The van der Waals surface area contributed by atoms with Gasteiger partial charge in [-0.2, -0.15) is 4.31 Å². The average molecular weight is 352 g/mol. The van der Waals surface area contributed by atoms with Crippen molar-refractivity contribution in [3.63, 3.8) is 0 Å². The summed E-state index contributed by atoms with van der Waals surface area (Å²) in [5.41, 5.74) is 0.358. The largest absolute Gasteiger partial charge is 0.392 e. The molecule has 1 aromatic carbocycles. The molecule has 4 nitrogen and oxygen atoms in total. The fourth-order valence-electron chi connectivity index (χ4n) is 2.88. The SMILES string of the molecule is C[C@@H]1CCC[C@H](C)N1S(=O)(=O)c1cc(CO)c(Cl)cc1Cl. The van der Waals surface area contributed by atoms with Gasteiger partial charge < -0.3 is 5.11 Å². The average Bonchev–Trinajstić information content (AvgIpc) is 2.38. The number of rotatable bonds is 3. The van der Waals surface area contributed by atoms with Gasteiger partial charge in [-0.25, -0.2) is 8.42 Å². The first-order valence-corrected chi connectivity index (χ1v) is 9.11. The van der Waals surface area contributed by atoms with Crippen LogP contribution in [0.2, 0.25) is 10.0 Å². The number of benzene rings is 1. The lowest BCUT2D eigenvalue weighted by molar-refractivity contribution is 0.204. The van der Waals surface area contributed by atoms with Crippen molar-refractivity contribution in [1.29, 1.82) is 0 Å². The number of nitrogens with zero attached hydrogens (tertiary/aromatic N) is 1. The molecule has 1 heterocycles. The zero-order valence-corrected chi connectivity index (χ0v) is 14.3. The second-order valence-corrected chi connectivity index (χ2v) is 8.12. The first-order valence-electron chi connectivity index (χ1n) is 6.91. The summed E-state index contributed by atoms with van der Waals surface area (Å²) in [6.07, 6.45) is 2.69. The summed E-state index contributed by atoms with van der Waals surface area (Å²) in [7, 11) is -3.71. The summed E-state index contributed by atoms with van der Waals surface area (Å²) in [5.74, 6) is 0. The number of halogens is 2. The Kier molecular flexibility index (Phi) is 5.21. The van der Waals surface area contributed by atoms with Crippen molar-refractivity contribution in [3.05, 3.63) is 27.7 Å². The zero-order chi connectivity index (χ0) is 15.8.